The molecule has 1 atom stereocenters. The van der Waals surface area contributed by atoms with Gasteiger partial charge in [-0.05, 0) is 58.3 Å². The average Bonchev–Trinajstić information content (AvgIpc) is 2.76. The number of carbonyl (C=O) groups is 3. The Morgan fingerprint density at radius 2 is 1.94 bits per heavy atom. The summed E-state index contributed by atoms with van der Waals surface area (Å²) in [4.78, 5) is 35.9. The van der Waals surface area contributed by atoms with Crippen molar-refractivity contribution in [2.75, 3.05) is 13.7 Å². The lowest BCUT2D eigenvalue weighted by atomic mass is 10.0. The van der Waals surface area contributed by atoms with Crippen molar-refractivity contribution in [1.82, 2.24) is 10.7 Å². The summed E-state index contributed by atoms with van der Waals surface area (Å²) in [5.41, 5.74) is 3.28. The molecule has 1 unspecified atom stereocenters. The van der Waals surface area contributed by atoms with E-state index in [4.69, 9.17) is 26.2 Å². The first kappa shape index (κ1) is 26.4. The van der Waals surface area contributed by atoms with Gasteiger partial charge in [-0.25, -0.2) is 10.2 Å². The zero-order chi connectivity index (χ0) is 24.5. The molecule has 2 rings (SSSR count). The van der Waals surface area contributed by atoms with Gasteiger partial charge in [-0.15, -0.1) is 0 Å². The summed E-state index contributed by atoms with van der Waals surface area (Å²) in [6.45, 7) is 3.08. The highest BCUT2D eigenvalue weighted by Gasteiger charge is 2.25. The van der Waals surface area contributed by atoms with E-state index in [0.29, 0.717) is 20.6 Å². The Kier molecular flexibility index (Phi) is 9.92. The van der Waals surface area contributed by atoms with Crippen LogP contribution in [0.5, 0.6) is 11.5 Å². The number of aliphatic carboxylic acids is 1. The highest BCUT2D eigenvalue weighted by atomic mass is 127. The van der Waals surface area contributed by atoms with E-state index >= 15 is 0 Å². The fraction of sp³-hybridized carbons (Fsp3) is 0.273. The Labute approximate surface area is 209 Å². The first-order chi connectivity index (χ1) is 15.6. The number of hydrazone groups is 1. The first-order valence-corrected chi connectivity index (χ1v) is 11.2. The molecule has 0 saturated heterocycles. The third-order valence-corrected chi connectivity index (χ3v) is 5.47. The zero-order valence-corrected chi connectivity index (χ0v) is 21.0. The molecule has 9 nitrogen and oxygen atoms in total. The number of ether oxygens (including phenoxy) is 2. The minimum Gasteiger partial charge on any atom is -0.493 e. The molecule has 33 heavy (non-hydrogen) atoms. The van der Waals surface area contributed by atoms with Gasteiger partial charge in [-0.1, -0.05) is 37.6 Å². The Balaban J connectivity index is 2.10. The van der Waals surface area contributed by atoms with Gasteiger partial charge in [0, 0.05) is 0 Å². The molecule has 0 aliphatic carbocycles. The molecule has 11 heteroatoms. The van der Waals surface area contributed by atoms with E-state index in [1.165, 1.54) is 13.3 Å². The molecule has 2 aromatic rings. The van der Waals surface area contributed by atoms with Gasteiger partial charge in [0.15, 0.2) is 18.1 Å². The number of benzene rings is 2. The lowest BCUT2D eigenvalue weighted by molar-refractivity contribution is -0.139. The van der Waals surface area contributed by atoms with Crippen LogP contribution in [0.15, 0.2) is 41.5 Å². The molecular formula is C22H23ClIN3O6. The maximum atomic E-state index is 12.6. The first-order valence-electron chi connectivity index (χ1n) is 9.74. The third-order valence-electron chi connectivity index (χ3n) is 4.33. The lowest BCUT2D eigenvalue weighted by Crippen LogP contribution is -2.48. The molecule has 0 bridgehead atoms. The van der Waals surface area contributed by atoms with Crippen molar-refractivity contribution in [3.63, 3.8) is 0 Å². The van der Waals surface area contributed by atoms with E-state index in [1.54, 1.807) is 50.2 Å². The number of nitrogens with zero attached hydrogens (tertiary/aromatic N) is 1. The molecule has 0 radical (unpaired) electrons. The monoisotopic (exact) mass is 587 g/mol. The number of hydrogen-bond acceptors (Lipinski definition) is 6. The predicted molar refractivity (Wildman–Crippen MR) is 132 cm³/mol. The van der Waals surface area contributed by atoms with Crippen LogP contribution in [-0.2, 0) is 9.59 Å². The maximum Gasteiger partial charge on any atom is 0.341 e. The molecule has 176 valence electrons. The molecule has 0 aliphatic rings. The van der Waals surface area contributed by atoms with Gasteiger partial charge in [-0.3, -0.25) is 9.59 Å². The number of carboxylic acids is 1. The van der Waals surface area contributed by atoms with Crippen LogP contribution in [0.2, 0.25) is 5.02 Å². The summed E-state index contributed by atoms with van der Waals surface area (Å²) in [5, 5.41) is 15.7. The normalized spacial score (nSPS) is 11.8. The van der Waals surface area contributed by atoms with Crippen molar-refractivity contribution in [2.24, 2.45) is 11.0 Å². The number of methoxy groups -OCH3 is 1. The van der Waals surface area contributed by atoms with Crippen LogP contribution in [-0.4, -0.2) is 48.9 Å². The van der Waals surface area contributed by atoms with Gasteiger partial charge in [0.2, 0.25) is 0 Å². The predicted octanol–water partition coefficient (Wildman–Crippen LogP) is 3.32. The van der Waals surface area contributed by atoms with Crippen LogP contribution in [0, 0.1) is 9.49 Å². The van der Waals surface area contributed by atoms with Gasteiger partial charge in [-0.2, -0.15) is 5.10 Å². The van der Waals surface area contributed by atoms with Gasteiger partial charge in [0.25, 0.3) is 11.8 Å². The van der Waals surface area contributed by atoms with Crippen molar-refractivity contribution in [1.29, 1.82) is 0 Å². The van der Waals surface area contributed by atoms with E-state index < -0.39 is 30.4 Å². The van der Waals surface area contributed by atoms with E-state index in [9.17, 15) is 14.4 Å². The van der Waals surface area contributed by atoms with E-state index in [-0.39, 0.29) is 16.5 Å². The second-order valence-corrected chi connectivity index (χ2v) is 8.70. The van der Waals surface area contributed by atoms with Crippen LogP contribution in [0.1, 0.15) is 29.8 Å². The number of halogens is 2. The molecule has 3 N–H and O–H groups in total. The Hall–Kier alpha value is -2.86. The number of hydrogen-bond donors (Lipinski definition) is 3. The summed E-state index contributed by atoms with van der Waals surface area (Å²) in [7, 11) is 1.43. The van der Waals surface area contributed by atoms with E-state index in [1.807, 2.05) is 22.6 Å². The molecular weight excluding hydrogens is 565 g/mol. The third kappa shape index (κ3) is 7.60. The second-order valence-electron chi connectivity index (χ2n) is 7.13. The van der Waals surface area contributed by atoms with E-state index in [2.05, 4.69) is 15.8 Å². The number of carbonyl (C=O) groups excluding carboxylic acids is 2. The van der Waals surface area contributed by atoms with Gasteiger partial charge in [0.1, 0.15) is 6.04 Å². The Morgan fingerprint density at radius 1 is 1.24 bits per heavy atom. The highest BCUT2D eigenvalue weighted by molar-refractivity contribution is 14.1. The van der Waals surface area contributed by atoms with Gasteiger partial charge < -0.3 is 19.9 Å². The highest BCUT2D eigenvalue weighted by Crippen LogP contribution is 2.33. The van der Waals surface area contributed by atoms with Crippen molar-refractivity contribution in [2.45, 2.75) is 19.9 Å². The van der Waals surface area contributed by atoms with Crippen LogP contribution in [0.25, 0.3) is 0 Å². The van der Waals surface area contributed by atoms with Crippen LogP contribution < -0.4 is 20.2 Å². The Morgan fingerprint density at radius 3 is 2.55 bits per heavy atom. The fourth-order valence-electron chi connectivity index (χ4n) is 2.73. The maximum absolute atomic E-state index is 12.6. The number of carboxylic acid groups (broad SMARTS) is 1. The fourth-order valence-corrected chi connectivity index (χ4v) is 3.73. The number of rotatable bonds is 10. The minimum absolute atomic E-state index is 0.210. The molecule has 0 aromatic heterocycles. The summed E-state index contributed by atoms with van der Waals surface area (Å²) in [6, 6.07) is 9.00. The zero-order valence-electron chi connectivity index (χ0n) is 18.1. The van der Waals surface area contributed by atoms with Crippen molar-refractivity contribution < 1.29 is 29.0 Å². The summed E-state index contributed by atoms with van der Waals surface area (Å²) in [6.07, 6.45) is 1.40. The lowest BCUT2D eigenvalue weighted by Gasteiger charge is -2.20. The van der Waals surface area contributed by atoms with Crippen molar-refractivity contribution in [3.8, 4) is 11.5 Å². The number of amides is 2. The van der Waals surface area contributed by atoms with Crippen LogP contribution in [0.4, 0.5) is 0 Å². The smallest absolute Gasteiger partial charge is 0.341 e. The topological polar surface area (TPSA) is 126 Å². The summed E-state index contributed by atoms with van der Waals surface area (Å²) >= 11 is 8.05. The molecule has 0 saturated carbocycles. The quantitative estimate of drug-likeness (QED) is 0.222. The molecule has 2 aromatic carbocycles. The van der Waals surface area contributed by atoms with Crippen molar-refractivity contribution in [3.05, 3.63) is 56.1 Å². The van der Waals surface area contributed by atoms with Crippen molar-refractivity contribution >= 4 is 58.2 Å². The van der Waals surface area contributed by atoms with Crippen LogP contribution in [0.3, 0.4) is 0 Å². The molecule has 2 amide bonds. The minimum atomic E-state index is -1.11. The second kappa shape index (κ2) is 12.4. The summed E-state index contributed by atoms with van der Waals surface area (Å²) < 4.78 is 11.1. The molecule has 0 aliphatic heterocycles. The van der Waals surface area contributed by atoms with E-state index in [0.717, 1.165) is 0 Å². The van der Waals surface area contributed by atoms with Gasteiger partial charge in [0.05, 0.1) is 27.5 Å². The van der Waals surface area contributed by atoms with Crippen LogP contribution >= 0.6 is 34.2 Å². The Bertz CT molecular complexity index is 1060. The SMILES string of the molecule is COc1cc(C=NNC(=O)C(NC(=O)c2ccccc2Cl)C(C)C)cc(I)c1OCC(=O)O. The average molecular weight is 588 g/mol. The number of nitrogens with one attached hydrogen (secondary N) is 2. The molecule has 0 heterocycles. The van der Waals surface area contributed by atoms with Gasteiger partial charge >= 0.3 is 5.97 Å². The largest absolute Gasteiger partial charge is 0.493 e. The summed E-state index contributed by atoms with van der Waals surface area (Å²) in [5.74, 6) is -1.66. The standard InChI is InChI=1S/C22H23ClIN3O6/c1-12(2)19(26-21(30)14-6-4-5-7-15(14)23)22(31)27-25-10-13-8-16(24)20(17(9-13)32-3)33-11-18(28)29/h4-10,12,19H,11H2,1-3H3,(H,26,30)(H,27,31)(H,28,29). The molecule has 0 spiro atoms. The molecule has 0 fully saturated rings.